The average molecular weight is 305 g/mol. The fourth-order valence-corrected chi connectivity index (χ4v) is 2.81. The van der Waals surface area contributed by atoms with Crippen molar-refractivity contribution < 1.29 is 9.05 Å². The fraction of sp³-hybridized carbons (Fsp3) is 0.250. The Balaban J connectivity index is 1.59. The smallest absolute Gasteiger partial charge is 0.142 e. The first-order valence-electron chi connectivity index (χ1n) is 6.65. The van der Waals surface area contributed by atoms with Gasteiger partial charge in [-0.15, -0.1) is 9.05 Å². The van der Waals surface area contributed by atoms with Gasteiger partial charge in [-0.1, -0.05) is 60.7 Å². The zero-order chi connectivity index (χ0) is 14.0. The van der Waals surface area contributed by atoms with E-state index in [1.54, 1.807) is 0 Å². The summed E-state index contributed by atoms with van der Waals surface area (Å²) < 4.78 is 11.1. The molecule has 0 atom stereocenters. The van der Waals surface area contributed by atoms with Crippen LogP contribution in [0.2, 0.25) is 0 Å². The van der Waals surface area contributed by atoms with Crippen LogP contribution < -0.4 is 0 Å². The molecule has 0 aliphatic carbocycles. The summed E-state index contributed by atoms with van der Waals surface area (Å²) in [6.45, 7) is 1.23. The van der Waals surface area contributed by atoms with Gasteiger partial charge in [0.1, 0.15) is 13.2 Å². The Labute approximate surface area is 126 Å². The maximum atomic E-state index is 5.54. The van der Waals surface area contributed by atoms with Gasteiger partial charge in [0.2, 0.25) is 11.8 Å². The predicted molar refractivity (Wildman–Crippen MR) is 86.5 cm³/mol. The van der Waals surface area contributed by atoms with Crippen LogP contribution >= 0.6 is 7.15 Å². The zero-order valence-corrected chi connectivity index (χ0v) is 13.0. The third kappa shape index (κ3) is 5.89. The lowest BCUT2D eigenvalue weighted by Crippen LogP contribution is -1.96. The molecule has 20 heavy (non-hydrogen) atoms. The highest BCUT2D eigenvalue weighted by Crippen LogP contribution is 2.24. The van der Waals surface area contributed by atoms with Crippen molar-refractivity contribution >= 4 is 19.0 Å². The van der Waals surface area contributed by atoms with Crippen molar-refractivity contribution in [3.63, 3.8) is 0 Å². The molecule has 0 saturated carbocycles. The molecule has 0 N–H and O–H groups in total. The molecule has 2 aromatic rings. The highest BCUT2D eigenvalue weighted by molar-refractivity contribution is 8.00. The van der Waals surface area contributed by atoms with Gasteiger partial charge in [0.15, 0.2) is 0 Å². The van der Waals surface area contributed by atoms with Crippen LogP contribution in [-0.2, 0) is 33.7 Å². The number of benzene rings is 2. The summed E-state index contributed by atoms with van der Waals surface area (Å²) in [6.07, 6.45) is 1.75. The normalized spacial score (nSPS) is 10.4. The number of rotatable bonds is 8. The summed E-state index contributed by atoms with van der Waals surface area (Å²) in [5.41, 5.74) is 2.52. The molecule has 0 spiro atoms. The van der Waals surface area contributed by atoms with Crippen molar-refractivity contribution in [1.82, 2.24) is 0 Å². The molecule has 0 aliphatic heterocycles. The maximum Gasteiger partial charge on any atom is 0.521 e. The molecular formula is C16H18O2PS+. The van der Waals surface area contributed by atoms with Gasteiger partial charge in [-0.05, 0) is 11.1 Å². The maximum absolute atomic E-state index is 5.54. The summed E-state index contributed by atoms with van der Waals surface area (Å²) in [5.74, 6) is 0. The first-order valence-corrected chi connectivity index (χ1v) is 8.84. The van der Waals surface area contributed by atoms with Gasteiger partial charge in [-0.3, -0.25) is 0 Å². The van der Waals surface area contributed by atoms with E-state index in [0.29, 0.717) is 13.2 Å². The lowest BCUT2D eigenvalue weighted by Gasteiger charge is -1.98. The third-order valence-electron chi connectivity index (χ3n) is 2.86. The van der Waals surface area contributed by atoms with E-state index in [0.717, 1.165) is 12.8 Å². The van der Waals surface area contributed by atoms with Crippen molar-refractivity contribution in [1.29, 1.82) is 0 Å². The Morgan fingerprint density at radius 2 is 1.10 bits per heavy atom. The molecule has 0 fully saturated rings. The molecule has 0 aliphatic rings. The van der Waals surface area contributed by atoms with Gasteiger partial charge < -0.3 is 0 Å². The van der Waals surface area contributed by atoms with Crippen molar-refractivity contribution in [2.24, 2.45) is 0 Å². The van der Waals surface area contributed by atoms with E-state index < -0.39 is 7.15 Å². The minimum Gasteiger partial charge on any atom is -0.142 e. The molecular weight excluding hydrogens is 287 g/mol. The second kappa shape index (κ2) is 8.93. The van der Waals surface area contributed by atoms with Crippen LogP contribution in [0.25, 0.3) is 0 Å². The molecule has 0 radical (unpaired) electrons. The Bertz CT molecular complexity index is 469. The van der Waals surface area contributed by atoms with E-state index in [2.05, 4.69) is 24.3 Å². The van der Waals surface area contributed by atoms with E-state index in [1.807, 2.05) is 36.4 Å². The third-order valence-corrected chi connectivity index (χ3v) is 4.28. The molecule has 0 amide bonds. The van der Waals surface area contributed by atoms with E-state index in [4.69, 9.17) is 20.9 Å². The van der Waals surface area contributed by atoms with Crippen LogP contribution in [0, 0.1) is 0 Å². The van der Waals surface area contributed by atoms with Crippen LogP contribution in [0.4, 0.5) is 0 Å². The van der Waals surface area contributed by atoms with Crippen LogP contribution in [0.15, 0.2) is 60.7 Å². The van der Waals surface area contributed by atoms with Gasteiger partial charge in [0.25, 0.3) is 0 Å². The summed E-state index contributed by atoms with van der Waals surface area (Å²) in [6, 6.07) is 20.5. The minimum atomic E-state index is -1.19. The quantitative estimate of drug-likeness (QED) is 0.678. The Hall–Kier alpha value is -1.12. The Kier molecular flexibility index (Phi) is 6.82. The Morgan fingerprint density at radius 1 is 0.700 bits per heavy atom. The molecule has 0 bridgehead atoms. The molecule has 4 heteroatoms. The molecule has 0 unspecified atom stereocenters. The summed E-state index contributed by atoms with van der Waals surface area (Å²) in [5, 5.41) is 0. The van der Waals surface area contributed by atoms with E-state index >= 15 is 0 Å². The Morgan fingerprint density at radius 3 is 1.50 bits per heavy atom. The van der Waals surface area contributed by atoms with Crippen LogP contribution in [-0.4, -0.2) is 13.2 Å². The van der Waals surface area contributed by atoms with Gasteiger partial charge in [-0.2, -0.15) is 0 Å². The molecule has 2 nitrogen and oxygen atoms in total. The topological polar surface area (TPSA) is 18.5 Å². The van der Waals surface area contributed by atoms with Crippen molar-refractivity contribution in [2.45, 2.75) is 12.8 Å². The molecule has 2 rings (SSSR count). The number of hydrogen-bond donors (Lipinski definition) is 0. The molecule has 2 aromatic carbocycles. The number of hydrogen-bond acceptors (Lipinski definition) is 3. The molecule has 0 heterocycles. The second-order valence-corrected chi connectivity index (χ2v) is 6.22. The lowest BCUT2D eigenvalue weighted by molar-refractivity contribution is 0.269. The van der Waals surface area contributed by atoms with E-state index in [9.17, 15) is 0 Å². The van der Waals surface area contributed by atoms with Gasteiger partial charge >= 0.3 is 7.15 Å². The standard InChI is InChI=1S/C16H18O2PS/c20-19(17-13-11-15-7-3-1-4-8-15)18-14-12-16-9-5-2-6-10-16/h1-10H,11-14H2/q+1. The fourth-order valence-electron chi connectivity index (χ4n) is 1.80. The van der Waals surface area contributed by atoms with Gasteiger partial charge in [0, 0.05) is 12.8 Å². The summed E-state index contributed by atoms with van der Waals surface area (Å²) in [4.78, 5) is 0. The second-order valence-electron chi connectivity index (χ2n) is 4.36. The summed E-state index contributed by atoms with van der Waals surface area (Å²) in [7, 11) is -1.19. The lowest BCUT2D eigenvalue weighted by atomic mass is 10.2. The van der Waals surface area contributed by atoms with Crippen LogP contribution in [0.1, 0.15) is 11.1 Å². The van der Waals surface area contributed by atoms with Gasteiger partial charge in [0.05, 0.1) is 0 Å². The largest absolute Gasteiger partial charge is 0.521 e. The van der Waals surface area contributed by atoms with E-state index in [1.165, 1.54) is 11.1 Å². The predicted octanol–water partition coefficient (Wildman–Crippen LogP) is 4.28. The van der Waals surface area contributed by atoms with Crippen LogP contribution in [0.3, 0.4) is 0 Å². The van der Waals surface area contributed by atoms with Crippen molar-refractivity contribution in [3.8, 4) is 0 Å². The molecule has 0 aromatic heterocycles. The van der Waals surface area contributed by atoms with Gasteiger partial charge in [-0.25, -0.2) is 0 Å². The minimum absolute atomic E-state index is 0.616. The van der Waals surface area contributed by atoms with Crippen molar-refractivity contribution in [2.75, 3.05) is 13.2 Å². The molecule has 104 valence electrons. The van der Waals surface area contributed by atoms with Crippen molar-refractivity contribution in [3.05, 3.63) is 71.8 Å². The first kappa shape index (κ1) is 15.3. The average Bonchev–Trinajstić information content (AvgIpc) is 2.49. The van der Waals surface area contributed by atoms with Crippen LogP contribution in [0.5, 0.6) is 0 Å². The summed E-state index contributed by atoms with van der Waals surface area (Å²) >= 11 is 5.19. The van der Waals surface area contributed by atoms with E-state index in [-0.39, 0.29) is 0 Å². The highest BCUT2D eigenvalue weighted by atomic mass is 32.4. The monoisotopic (exact) mass is 305 g/mol. The highest BCUT2D eigenvalue weighted by Gasteiger charge is 2.13. The molecule has 0 saturated heterocycles. The SMILES string of the molecule is S=[P+](OCCc1ccccc1)OCCc1ccccc1. The zero-order valence-electron chi connectivity index (χ0n) is 11.3. The first-order chi connectivity index (χ1) is 9.84.